The zero-order chi connectivity index (χ0) is 23.6. The number of hydrogen-bond donors (Lipinski definition) is 3. The fourth-order valence-corrected chi connectivity index (χ4v) is 4.56. The van der Waals surface area contributed by atoms with Gasteiger partial charge in [0.25, 0.3) is 11.8 Å². The predicted molar refractivity (Wildman–Crippen MR) is 123 cm³/mol. The van der Waals surface area contributed by atoms with E-state index in [1.165, 1.54) is 29.5 Å². The molecule has 2 aromatic heterocycles. The number of rotatable bonds is 6. The van der Waals surface area contributed by atoms with Crippen molar-refractivity contribution in [1.82, 2.24) is 9.69 Å². The third kappa shape index (κ3) is 4.94. The molecular formula is C21H22FN5O3S2. The van der Waals surface area contributed by atoms with Gasteiger partial charge in [-0.15, -0.1) is 11.3 Å². The van der Waals surface area contributed by atoms with Crippen LogP contribution in [-0.4, -0.2) is 27.6 Å². The zero-order valence-corrected chi connectivity index (χ0v) is 19.2. The predicted octanol–water partition coefficient (Wildman–Crippen LogP) is 3.33. The Hall–Kier alpha value is -3.31. The summed E-state index contributed by atoms with van der Waals surface area (Å²) in [6, 6.07) is 7.66. The summed E-state index contributed by atoms with van der Waals surface area (Å²) in [5.74, 6) is -2.64. The molecule has 0 aliphatic heterocycles. The highest BCUT2D eigenvalue weighted by Crippen LogP contribution is 2.35. The van der Waals surface area contributed by atoms with Crippen LogP contribution < -0.4 is 21.7 Å². The highest BCUT2D eigenvalue weighted by Gasteiger charge is 2.37. The normalized spacial score (nSPS) is 12.2. The molecular weight excluding hydrogens is 453 g/mol. The van der Waals surface area contributed by atoms with Crippen molar-refractivity contribution in [2.24, 2.45) is 5.73 Å². The standard InChI is InChI=1S/C21H22FN5O3S2/c1-21(2,3)25-19(29)16(13-8-5-9-31-13)27(12-7-4-6-11(22)10-12)20(30)17-14(23)15(18(24)28)26-32-17/h4-10,16H,23H2,1-3H3,(H2,24,28)(H,25,29). The first-order valence-corrected chi connectivity index (χ1v) is 11.1. The number of nitrogens with zero attached hydrogens (tertiary/aromatic N) is 2. The maximum atomic E-state index is 14.1. The van der Waals surface area contributed by atoms with Crippen molar-refractivity contribution < 1.29 is 18.8 Å². The van der Waals surface area contributed by atoms with Gasteiger partial charge in [0.15, 0.2) is 11.7 Å². The Bertz CT molecular complexity index is 1150. The van der Waals surface area contributed by atoms with E-state index in [9.17, 15) is 18.8 Å². The largest absolute Gasteiger partial charge is 0.395 e. The van der Waals surface area contributed by atoms with E-state index in [2.05, 4.69) is 9.69 Å². The van der Waals surface area contributed by atoms with Crippen molar-refractivity contribution in [2.45, 2.75) is 32.4 Å². The van der Waals surface area contributed by atoms with Gasteiger partial charge in [-0.05, 0) is 61.9 Å². The van der Waals surface area contributed by atoms with Gasteiger partial charge >= 0.3 is 0 Å². The minimum Gasteiger partial charge on any atom is -0.395 e. The van der Waals surface area contributed by atoms with Crippen LogP contribution in [0.1, 0.15) is 51.9 Å². The fourth-order valence-electron chi connectivity index (χ4n) is 3.01. The van der Waals surface area contributed by atoms with Crippen LogP contribution in [0.5, 0.6) is 0 Å². The molecule has 1 unspecified atom stereocenters. The summed E-state index contributed by atoms with van der Waals surface area (Å²) in [6.45, 7) is 5.43. The summed E-state index contributed by atoms with van der Waals surface area (Å²) in [6.07, 6.45) is 0. The van der Waals surface area contributed by atoms with Crippen molar-refractivity contribution in [2.75, 3.05) is 10.6 Å². The first-order valence-electron chi connectivity index (χ1n) is 9.49. The van der Waals surface area contributed by atoms with Gasteiger partial charge in [0.1, 0.15) is 10.7 Å². The molecule has 5 N–H and O–H groups in total. The number of amides is 3. The molecule has 0 bridgehead atoms. The number of nitrogen functional groups attached to an aromatic ring is 1. The Labute approximate surface area is 192 Å². The van der Waals surface area contributed by atoms with E-state index in [4.69, 9.17) is 11.5 Å². The maximum Gasteiger partial charge on any atom is 0.273 e. The maximum absolute atomic E-state index is 14.1. The van der Waals surface area contributed by atoms with Crippen LogP contribution >= 0.6 is 22.9 Å². The molecule has 1 aromatic carbocycles. The van der Waals surface area contributed by atoms with Crippen LogP contribution in [0.2, 0.25) is 0 Å². The summed E-state index contributed by atoms with van der Waals surface area (Å²) in [5, 5.41) is 4.65. The second-order valence-corrected chi connectivity index (χ2v) is 9.70. The van der Waals surface area contributed by atoms with E-state index in [0.717, 1.165) is 11.0 Å². The lowest BCUT2D eigenvalue weighted by atomic mass is 10.1. The molecule has 0 fully saturated rings. The number of thiophene rings is 1. The number of nitrogens with one attached hydrogen (secondary N) is 1. The molecule has 0 aliphatic carbocycles. The van der Waals surface area contributed by atoms with E-state index in [0.29, 0.717) is 16.4 Å². The topological polar surface area (TPSA) is 131 Å². The first kappa shape index (κ1) is 23.4. The van der Waals surface area contributed by atoms with Gasteiger partial charge in [-0.25, -0.2) is 4.39 Å². The Kier molecular flexibility index (Phi) is 6.60. The molecule has 1 atom stereocenters. The van der Waals surface area contributed by atoms with Crippen molar-refractivity contribution in [1.29, 1.82) is 0 Å². The minimum absolute atomic E-state index is 0.0758. The number of halogens is 1. The van der Waals surface area contributed by atoms with E-state index in [-0.39, 0.29) is 21.9 Å². The molecule has 0 spiro atoms. The molecule has 11 heteroatoms. The van der Waals surface area contributed by atoms with Crippen molar-refractivity contribution in [3.8, 4) is 0 Å². The number of carbonyl (C=O) groups is 3. The number of nitrogens with two attached hydrogens (primary N) is 2. The molecule has 8 nitrogen and oxygen atoms in total. The van der Waals surface area contributed by atoms with Crippen molar-refractivity contribution >= 4 is 52.0 Å². The zero-order valence-electron chi connectivity index (χ0n) is 17.6. The third-order valence-corrected chi connectivity index (χ3v) is 6.05. The lowest BCUT2D eigenvalue weighted by Gasteiger charge is -2.32. The van der Waals surface area contributed by atoms with Gasteiger partial charge in [-0.2, -0.15) is 4.37 Å². The summed E-state index contributed by atoms with van der Waals surface area (Å²) < 4.78 is 18.0. The van der Waals surface area contributed by atoms with Crippen molar-refractivity contribution in [3.05, 3.63) is 63.0 Å². The molecule has 32 heavy (non-hydrogen) atoms. The van der Waals surface area contributed by atoms with Gasteiger partial charge in [-0.3, -0.25) is 19.3 Å². The van der Waals surface area contributed by atoms with Crippen LogP contribution in [0.4, 0.5) is 15.8 Å². The van der Waals surface area contributed by atoms with E-state index < -0.39 is 35.1 Å². The highest BCUT2D eigenvalue weighted by molar-refractivity contribution is 7.10. The van der Waals surface area contributed by atoms with Gasteiger partial charge in [0.05, 0.1) is 5.69 Å². The molecule has 0 radical (unpaired) electrons. The molecule has 0 aliphatic rings. The van der Waals surface area contributed by atoms with Gasteiger partial charge in [0.2, 0.25) is 5.91 Å². The van der Waals surface area contributed by atoms with E-state index >= 15 is 0 Å². The highest BCUT2D eigenvalue weighted by atomic mass is 32.1. The minimum atomic E-state index is -1.12. The van der Waals surface area contributed by atoms with Gasteiger partial charge in [-0.1, -0.05) is 12.1 Å². The summed E-state index contributed by atoms with van der Waals surface area (Å²) >= 11 is 1.96. The molecule has 2 heterocycles. The lowest BCUT2D eigenvalue weighted by Crippen LogP contribution is -2.49. The average molecular weight is 476 g/mol. The molecule has 3 rings (SSSR count). The van der Waals surface area contributed by atoms with Crippen LogP contribution in [0.25, 0.3) is 0 Å². The number of anilines is 2. The van der Waals surface area contributed by atoms with Gasteiger partial charge < -0.3 is 16.8 Å². The number of hydrogen-bond acceptors (Lipinski definition) is 7. The Balaban J connectivity index is 2.19. The molecule has 168 valence electrons. The number of carbonyl (C=O) groups excluding carboxylic acids is 3. The molecule has 3 aromatic rings. The summed E-state index contributed by atoms with van der Waals surface area (Å²) in [4.78, 5) is 40.3. The van der Waals surface area contributed by atoms with E-state index in [1.54, 1.807) is 17.5 Å². The average Bonchev–Trinajstić information content (AvgIpc) is 3.33. The Morgan fingerprint density at radius 3 is 2.44 bits per heavy atom. The smallest absolute Gasteiger partial charge is 0.273 e. The van der Waals surface area contributed by atoms with Crippen LogP contribution in [0.15, 0.2) is 41.8 Å². The number of benzene rings is 1. The molecule has 3 amide bonds. The molecule has 0 saturated carbocycles. The van der Waals surface area contributed by atoms with Crippen LogP contribution in [-0.2, 0) is 4.79 Å². The van der Waals surface area contributed by atoms with Gasteiger partial charge in [0, 0.05) is 16.1 Å². The summed E-state index contributed by atoms with van der Waals surface area (Å²) in [7, 11) is 0. The lowest BCUT2D eigenvalue weighted by molar-refractivity contribution is -0.123. The molecule has 0 saturated heterocycles. The van der Waals surface area contributed by atoms with Crippen molar-refractivity contribution in [3.63, 3.8) is 0 Å². The number of primary amides is 1. The van der Waals surface area contributed by atoms with Crippen LogP contribution in [0.3, 0.4) is 0 Å². The Morgan fingerprint density at radius 2 is 1.91 bits per heavy atom. The first-order chi connectivity index (χ1) is 15.0. The SMILES string of the molecule is CC(C)(C)NC(=O)C(c1cccs1)N(C(=O)c1snc(C(N)=O)c1N)c1cccc(F)c1. The fraction of sp³-hybridized carbons (Fsp3) is 0.238. The quantitative estimate of drug-likeness (QED) is 0.503. The second-order valence-electron chi connectivity index (χ2n) is 7.95. The number of aromatic nitrogens is 1. The van der Waals surface area contributed by atoms with E-state index in [1.807, 2.05) is 20.8 Å². The monoisotopic (exact) mass is 475 g/mol. The second kappa shape index (κ2) is 9.05. The third-order valence-electron chi connectivity index (χ3n) is 4.28. The van der Waals surface area contributed by atoms with Crippen LogP contribution in [0, 0.1) is 5.82 Å². The summed E-state index contributed by atoms with van der Waals surface area (Å²) in [5.41, 5.74) is 10.4. The Morgan fingerprint density at radius 1 is 1.19 bits per heavy atom.